The van der Waals surface area contributed by atoms with Gasteiger partial charge >= 0.3 is 0 Å². The van der Waals surface area contributed by atoms with E-state index in [1.165, 1.54) is 22.3 Å². The summed E-state index contributed by atoms with van der Waals surface area (Å²) < 4.78 is 0. The quantitative estimate of drug-likeness (QED) is 0.685. The van der Waals surface area contributed by atoms with Crippen molar-refractivity contribution in [3.63, 3.8) is 0 Å². The molecule has 0 radical (unpaired) electrons. The summed E-state index contributed by atoms with van der Waals surface area (Å²) in [4.78, 5) is 9.08. The van der Waals surface area contributed by atoms with Crippen LogP contribution in [0.15, 0.2) is 48.5 Å². The highest BCUT2D eigenvalue weighted by atomic mass is 15.1. The van der Waals surface area contributed by atoms with Gasteiger partial charge in [-0.1, -0.05) is 47.5 Å². The number of nitrogens with zero attached hydrogens (tertiary/aromatic N) is 2. The highest BCUT2D eigenvalue weighted by molar-refractivity contribution is 5.61. The maximum Gasteiger partial charge on any atom is 0.225 e. The second-order valence-electron chi connectivity index (χ2n) is 6.50. The smallest absolute Gasteiger partial charge is 0.225 e. The Labute approximate surface area is 149 Å². The van der Waals surface area contributed by atoms with Crippen molar-refractivity contribution in [2.75, 3.05) is 10.6 Å². The SMILES string of the molecule is Cc1cccc(CNc2nc(C)cc(Nc3ccc(C)cc3C)n2)c1. The third kappa shape index (κ3) is 4.57. The summed E-state index contributed by atoms with van der Waals surface area (Å²) in [5, 5.41) is 6.71. The second-order valence-corrected chi connectivity index (χ2v) is 6.50. The van der Waals surface area contributed by atoms with E-state index in [0.717, 1.165) is 17.2 Å². The summed E-state index contributed by atoms with van der Waals surface area (Å²) in [6, 6.07) is 16.7. The average molecular weight is 332 g/mol. The molecule has 0 aliphatic carbocycles. The van der Waals surface area contributed by atoms with Gasteiger partial charge in [-0.2, -0.15) is 4.98 Å². The van der Waals surface area contributed by atoms with Crippen molar-refractivity contribution in [2.45, 2.75) is 34.2 Å². The normalized spacial score (nSPS) is 10.6. The molecule has 3 rings (SSSR count). The van der Waals surface area contributed by atoms with Crippen LogP contribution in [0.2, 0.25) is 0 Å². The van der Waals surface area contributed by atoms with Gasteiger partial charge in [-0.25, -0.2) is 4.98 Å². The Morgan fingerprint density at radius 1 is 0.840 bits per heavy atom. The Balaban J connectivity index is 1.76. The molecule has 0 aliphatic rings. The number of nitrogens with one attached hydrogen (secondary N) is 2. The van der Waals surface area contributed by atoms with Crippen LogP contribution in [-0.4, -0.2) is 9.97 Å². The fraction of sp³-hybridized carbons (Fsp3) is 0.238. The number of benzene rings is 2. The largest absolute Gasteiger partial charge is 0.350 e. The van der Waals surface area contributed by atoms with Crippen LogP contribution in [0.4, 0.5) is 17.5 Å². The Hall–Kier alpha value is -2.88. The van der Waals surface area contributed by atoms with Crippen molar-refractivity contribution < 1.29 is 0 Å². The van der Waals surface area contributed by atoms with E-state index in [1.807, 2.05) is 13.0 Å². The maximum absolute atomic E-state index is 4.60. The zero-order valence-electron chi connectivity index (χ0n) is 15.2. The molecule has 0 saturated heterocycles. The van der Waals surface area contributed by atoms with Gasteiger partial charge in [-0.15, -0.1) is 0 Å². The van der Waals surface area contributed by atoms with Crippen LogP contribution in [0.25, 0.3) is 0 Å². The summed E-state index contributed by atoms with van der Waals surface area (Å²) in [7, 11) is 0. The molecule has 2 aromatic carbocycles. The average Bonchev–Trinajstić information content (AvgIpc) is 2.55. The van der Waals surface area contributed by atoms with Gasteiger partial charge in [0.15, 0.2) is 0 Å². The predicted molar refractivity (Wildman–Crippen MR) is 104 cm³/mol. The van der Waals surface area contributed by atoms with Crippen LogP contribution in [-0.2, 0) is 6.54 Å². The first kappa shape index (κ1) is 17.0. The van der Waals surface area contributed by atoms with Gasteiger partial charge in [-0.05, 0) is 44.9 Å². The van der Waals surface area contributed by atoms with E-state index in [-0.39, 0.29) is 0 Å². The summed E-state index contributed by atoms with van der Waals surface area (Å²) >= 11 is 0. The number of hydrogen-bond donors (Lipinski definition) is 2. The Bertz CT molecular complexity index is 887. The van der Waals surface area contributed by atoms with Gasteiger partial charge in [0.1, 0.15) is 5.82 Å². The van der Waals surface area contributed by atoms with Gasteiger partial charge in [-0.3, -0.25) is 0 Å². The molecule has 0 atom stereocenters. The molecule has 4 nitrogen and oxygen atoms in total. The molecule has 4 heteroatoms. The van der Waals surface area contributed by atoms with E-state index < -0.39 is 0 Å². The minimum atomic E-state index is 0.633. The van der Waals surface area contributed by atoms with Crippen molar-refractivity contribution >= 4 is 17.5 Å². The highest BCUT2D eigenvalue weighted by Crippen LogP contribution is 2.21. The van der Waals surface area contributed by atoms with Crippen molar-refractivity contribution in [1.29, 1.82) is 0 Å². The molecular weight excluding hydrogens is 308 g/mol. The Morgan fingerprint density at radius 2 is 1.64 bits per heavy atom. The molecule has 25 heavy (non-hydrogen) atoms. The topological polar surface area (TPSA) is 49.8 Å². The van der Waals surface area contributed by atoms with Crippen LogP contribution >= 0.6 is 0 Å². The fourth-order valence-electron chi connectivity index (χ4n) is 2.81. The number of aryl methyl sites for hydroxylation is 4. The lowest BCUT2D eigenvalue weighted by molar-refractivity contribution is 1.03. The van der Waals surface area contributed by atoms with Gasteiger partial charge in [0, 0.05) is 24.0 Å². The molecule has 128 valence electrons. The number of aromatic nitrogens is 2. The van der Waals surface area contributed by atoms with E-state index in [4.69, 9.17) is 0 Å². The molecular formula is C21H24N4. The van der Waals surface area contributed by atoms with Gasteiger partial charge in [0.25, 0.3) is 0 Å². The molecule has 0 unspecified atom stereocenters. The predicted octanol–water partition coefficient (Wildman–Crippen LogP) is 5.07. The molecule has 1 heterocycles. The minimum absolute atomic E-state index is 0.633. The molecule has 3 aromatic rings. The zero-order chi connectivity index (χ0) is 17.8. The number of hydrogen-bond acceptors (Lipinski definition) is 4. The first-order chi connectivity index (χ1) is 12.0. The summed E-state index contributed by atoms with van der Waals surface area (Å²) in [6.07, 6.45) is 0. The number of rotatable bonds is 5. The third-order valence-electron chi connectivity index (χ3n) is 4.03. The molecule has 0 fully saturated rings. The Morgan fingerprint density at radius 3 is 2.40 bits per heavy atom. The van der Waals surface area contributed by atoms with Gasteiger partial charge < -0.3 is 10.6 Å². The monoisotopic (exact) mass is 332 g/mol. The molecule has 0 amide bonds. The van der Waals surface area contributed by atoms with E-state index in [0.29, 0.717) is 12.5 Å². The lowest BCUT2D eigenvalue weighted by Gasteiger charge is -2.12. The molecule has 0 saturated carbocycles. The third-order valence-corrected chi connectivity index (χ3v) is 4.03. The maximum atomic E-state index is 4.60. The van der Waals surface area contributed by atoms with E-state index in [9.17, 15) is 0 Å². The van der Waals surface area contributed by atoms with Gasteiger partial charge in [0.05, 0.1) is 0 Å². The van der Waals surface area contributed by atoms with Crippen molar-refractivity contribution in [1.82, 2.24) is 9.97 Å². The van der Waals surface area contributed by atoms with Crippen molar-refractivity contribution in [3.05, 3.63) is 76.5 Å². The van der Waals surface area contributed by atoms with Crippen LogP contribution < -0.4 is 10.6 Å². The second kappa shape index (κ2) is 7.34. The summed E-state index contributed by atoms with van der Waals surface area (Å²) in [5.41, 5.74) is 6.91. The van der Waals surface area contributed by atoms with Crippen LogP contribution in [0.1, 0.15) is 27.9 Å². The van der Waals surface area contributed by atoms with Crippen molar-refractivity contribution in [3.8, 4) is 0 Å². The lowest BCUT2D eigenvalue weighted by Crippen LogP contribution is -2.06. The fourth-order valence-corrected chi connectivity index (χ4v) is 2.81. The first-order valence-electron chi connectivity index (χ1n) is 8.49. The van der Waals surface area contributed by atoms with Crippen molar-refractivity contribution in [2.24, 2.45) is 0 Å². The number of anilines is 3. The van der Waals surface area contributed by atoms with Crippen LogP contribution in [0.3, 0.4) is 0 Å². The van der Waals surface area contributed by atoms with E-state index in [2.05, 4.69) is 83.8 Å². The van der Waals surface area contributed by atoms with Crippen LogP contribution in [0, 0.1) is 27.7 Å². The molecule has 0 aliphatic heterocycles. The molecule has 0 bridgehead atoms. The minimum Gasteiger partial charge on any atom is -0.350 e. The van der Waals surface area contributed by atoms with Gasteiger partial charge in [0.2, 0.25) is 5.95 Å². The summed E-state index contributed by atoms with van der Waals surface area (Å²) in [6.45, 7) is 8.97. The lowest BCUT2D eigenvalue weighted by atomic mass is 10.1. The molecule has 0 spiro atoms. The molecule has 1 aromatic heterocycles. The highest BCUT2D eigenvalue weighted by Gasteiger charge is 2.05. The first-order valence-corrected chi connectivity index (χ1v) is 8.49. The Kier molecular flexibility index (Phi) is 4.98. The summed E-state index contributed by atoms with van der Waals surface area (Å²) in [5.74, 6) is 1.43. The standard InChI is InChI=1S/C21H24N4/c1-14-6-5-7-18(11-14)13-22-21-23-17(4)12-20(25-21)24-19-9-8-15(2)10-16(19)3/h5-12H,13H2,1-4H3,(H2,22,23,24,25). The zero-order valence-corrected chi connectivity index (χ0v) is 15.2. The van der Waals surface area contributed by atoms with Crippen LogP contribution in [0.5, 0.6) is 0 Å². The molecule has 2 N–H and O–H groups in total. The van der Waals surface area contributed by atoms with E-state index >= 15 is 0 Å². The van der Waals surface area contributed by atoms with E-state index in [1.54, 1.807) is 0 Å².